The molecule has 0 atom stereocenters. The van der Waals surface area contributed by atoms with Gasteiger partial charge in [-0.3, -0.25) is 0 Å². The van der Waals surface area contributed by atoms with Crippen molar-refractivity contribution in [1.29, 1.82) is 0 Å². The molecule has 1 nitrogen and oxygen atoms in total. The monoisotopic (exact) mass is 137 g/mol. The van der Waals surface area contributed by atoms with Crippen LogP contribution in [0.4, 0.5) is 0 Å². The van der Waals surface area contributed by atoms with Gasteiger partial charge in [-0.05, 0) is 37.8 Å². The van der Waals surface area contributed by atoms with Gasteiger partial charge in [0.15, 0.2) is 0 Å². The smallest absolute Gasteiger partial charge is 0.0120 e. The van der Waals surface area contributed by atoms with E-state index in [1.165, 1.54) is 11.1 Å². The van der Waals surface area contributed by atoms with Crippen molar-refractivity contribution in [3.63, 3.8) is 0 Å². The van der Waals surface area contributed by atoms with Gasteiger partial charge in [0.25, 0.3) is 0 Å². The van der Waals surface area contributed by atoms with Crippen molar-refractivity contribution in [2.24, 2.45) is 5.73 Å². The summed E-state index contributed by atoms with van der Waals surface area (Å²) in [5.74, 6) is 0. The van der Waals surface area contributed by atoms with Crippen molar-refractivity contribution in [2.45, 2.75) is 32.7 Å². The molecule has 0 amide bonds. The van der Waals surface area contributed by atoms with Gasteiger partial charge in [-0.2, -0.15) is 0 Å². The zero-order valence-electron chi connectivity index (χ0n) is 6.72. The largest absolute Gasteiger partial charge is 0.327 e. The van der Waals surface area contributed by atoms with Crippen LogP contribution >= 0.6 is 0 Å². The highest BCUT2D eigenvalue weighted by Crippen LogP contribution is 2.28. The molecule has 1 fully saturated rings. The molecule has 1 aliphatic rings. The first-order valence-corrected chi connectivity index (χ1v) is 3.84. The molecule has 0 aromatic heterocycles. The van der Waals surface area contributed by atoms with E-state index in [1.807, 2.05) is 0 Å². The molecule has 0 heterocycles. The summed E-state index contributed by atoms with van der Waals surface area (Å²) < 4.78 is 0. The van der Waals surface area contributed by atoms with E-state index in [9.17, 15) is 0 Å². The zero-order valence-corrected chi connectivity index (χ0v) is 6.72. The van der Waals surface area contributed by atoms with Gasteiger partial charge in [-0.15, -0.1) is 0 Å². The molecule has 56 valence electrons. The second kappa shape index (κ2) is 3.02. The van der Waals surface area contributed by atoms with Gasteiger partial charge in [-0.25, -0.2) is 0 Å². The van der Waals surface area contributed by atoms with Crippen LogP contribution in [0.2, 0.25) is 0 Å². The lowest BCUT2D eigenvalue weighted by Crippen LogP contribution is -2.13. The van der Waals surface area contributed by atoms with E-state index in [2.05, 4.69) is 26.0 Å². The first-order valence-electron chi connectivity index (χ1n) is 3.84. The van der Waals surface area contributed by atoms with Crippen LogP contribution in [0.1, 0.15) is 26.7 Å². The molecule has 1 saturated carbocycles. The predicted octanol–water partition coefficient (Wildman–Crippen LogP) is 2.00. The molecular formula is C9H15N. The molecule has 10 heavy (non-hydrogen) atoms. The molecule has 0 unspecified atom stereocenters. The minimum absolute atomic E-state index is 0.373. The Hall–Kier alpha value is -0.560. The van der Waals surface area contributed by atoms with Gasteiger partial charge in [0.05, 0.1) is 0 Å². The standard InChI is InChI=1S/C9H15N/c1-3-7-5-9(10)6-8(7)4-2/h3-4,9H,5-6,10H2,1-2H3/b7-3-,8-4-. The minimum atomic E-state index is 0.373. The molecule has 2 N–H and O–H groups in total. The Morgan fingerprint density at radius 2 is 1.60 bits per heavy atom. The second-order valence-corrected chi connectivity index (χ2v) is 2.80. The highest BCUT2D eigenvalue weighted by Gasteiger charge is 2.18. The summed E-state index contributed by atoms with van der Waals surface area (Å²) in [5, 5.41) is 0. The van der Waals surface area contributed by atoms with Crippen molar-refractivity contribution in [2.75, 3.05) is 0 Å². The Balaban J connectivity index is 2.77. The number of hydrogen-bond donors (Lipinski definition) is 1. The molecule has 0 radical (unpaired) electrons. The van der Waals surface area contributed by atoms with Crippen LogP contribution in [-0.2, 0) is 0 Å². The van der Waals surface area contributed by atoms with Crippen LogP contribution in [0.25, 0.3) is 0 Å². The lowest BCUT2D eigenvalue weighted by molar-refractivity contribution is 0.734. The summed E-state index contributed by atoms with van der Waals surface area (Å²) in [4.78, 5) is 0. The van der Waals surface area contributed by atoms with E-state index in [1.54, 1.807) is 0 Å². The molecule has 0 saturated heterocycles. The van der Waals surface area contributed by atoms with E-state index >= 15 is 0 Å². The highest BCUT2D eigenvalue weighted by atomic mass is 14.6. The maximum absolute atomic E-state index is 5.78. The number of hydrogen-bond acceptors (Lipinski definition) is 1. The first kappa shape index (κ1) is 7.55. The molecule has 0 bridgehead atoms. The lowest BCUT2D eigenvalue weighted by atomic mass is 10.1. The Labute approximate surface area is 62.6 Å². The molecule has 0 aliphatic heterocycles. The molecule has 1 rings (SSSR count). The normalized spacial score (nSPS) is 28.7. The third-order valence-corrected chi connectivity index (χ3v) is 2.07. The second-order valence-electron chi connectivity index (χ2n) is 2.80. The molecular weight excluding hydrogens is 122 g/mol. The summed E-state index contributed by atoms with van der Waals surface area (Å²) in [6.45, 7) is 4.16. The quantitative estimate of drug-likeness (QED) is 0.543. The average Bonchev–Trinajstić information content (AvgIpc) is 2.30. The van der Waals surface area contributed by atoms with Crippen LogP contribution in [0, 0.1) is 0 Å². The molecule has 1 heteroatoms. The van der Waals surface area contributed by atoms with E-state index in [4.69, 9.17) is 5.73 Å². The minimum Gasteiger partial charge on any atom is -0.327 e. The maximum atomic E-state index is 5.78. The number of nitrogens with two attached hydrogens (primary N) is 1. The van der Waals surface area contributed by atoms with Crippen molar-refractivity contribution in [3.8, 4) is 0 Å². The van der Waals surface area contributed by atoms with Gasteiger partial charge in [-0.1, -0.05) is 12.2 Å². The fraction of sp³-hybridized carbons (Fsp3) is 0.556. The van der Waals surface area contributed by atoms with Gasteiger partial charge >= 0.3 is 0 Å². The SMILES string of the molecule is C/C=C1/CC(N)C/C1=C/C. The van der Waals surface area contributed by atoms with E-state index < -0.39 is 0 Å². The van der Waals surface area contributed by atoms with Crippen LogP contribution in [-0.4, -0.2) is 6.04 Å². The van der Waals surface area contributed by atoms with Gasteiger partial charge < -0.3 is 5.73 Å². The third-order valence-electron chi connectivity index (χ3n) is 2.07. The van der Waals surface area contributed by atoms with Crippen LogP contribution in [0.5, 0.6) is 0 Å². The van der Waals surface area contributed by atoms with Gasteiger partial charge in [0.1, 0.15) is 0 Å². The van der Waals surface area contributed by atoms with Crippen molar-refractivity contribution < 1.29 is 0 Å². The third kappa shape index (κ3) is 1.29. The van der Waals surface area contributed by atoms with Gasteiger partial charge in [0.2, 0.25) is 0 Å². The molecule has 0 spiro atoms. The number of allylic oxidation sites excluding steroid dienone is 2. The number of rotatable bonds is 0. The lowest BCUT2D eigenvalue weighted by Gasteiger charge is -1.94. The van der Waals surface area contributed by atoms with Crippen LogP contribution in [0.3, 0.4) is 0 Å². The molecule has 0 aromatic carbocycles. The van der Waals surface area contributed by atoms with E-state index in [-0.39, 0.29) is 0 Å². The van der Waals surface area contributed by atoms with Crippen LogP contribution in [0.15, 0.2) is 23.3 Å². The Morgan fingerprint density at radius 1 is 1.20 bits per heavy atom. The summed E-state index contributed by atoms with van der Waals surface area (Å²) in [7, 11) is 0. The maximum Gasteiger partial charge on any atom is 0.0120 e. The fourth-order valence-electron chi connectivity index (χ4n) is 1.51. The molecule has 0 aromatic rings. The van der Waals surface area contributed by atoms with E-state index in [0.29, 0.717) is 6.04 Å². The summed E-state index contributed by atoms with van der Waals surface area (Å²) in [5.41, 5.74) is 8.66. The Morgan fingerprint density at radius 3 is 1.90 bits per heavy atom. The van der Waals surface area contributed by atoms with Gasteiger partial charge in [0, 0.05) is 6.04 Å². The van der Waals surface area contributed by atoms with Crippen molar-refractivity contribution in [3.05, 3.63) is 23.3 Å². The Kier molecular flexibility index (Phi) is 2.28. The molecule has 1 aliphatic carbocycles. The average molecular weight is 137 g/mol. The predicted molar refractivity (Wildman–Crippen MR) is 44.7 cm³/mol. The van der Waals surface area contributed by atoms with Crippen molar-refractivity contribution in [1.82, 2.24) is 0 Å². The summed E-state index contributed by atoms with van der Waals surface area (Å²) in [6.07, 6.45) is 6.47. The zero-order chi connectivity index (χ0) is 7.56. The van der Waals surface area contributed by atoms with Crippen LogP contribution < -0.4 is 5.73 Å². The summed E-state index contributed by atoms with van der Waals surface area (Å²) in [6, 6.07) is 0.373. The highest BCUT2D eigenvalue weighted by molar-refractivity contribution is 5.36. The topological polar surface area (TPSA) is 26.0 Å². The Bertz CT molecular complexity index is 157. The van der Waals surface area contributed by atoms with Crippen molar-refractivity contribution >= 4 is 0 Å². The fourth-order valence-corrected chi connectivity index (χ4v) is 1.51. The van der Waals surface area contributed by atoms with E-state index in [0.717, 1.165) is 12.8 Å². The summed E-state index contributed by atoms with van der Waals surface area (Å²) >= 11 is 0. The first-order chi connectivity index (χ1) is 4.77.